The van der Waals surface area contributed by atoms with Crippen LogP contribution in [0.2, 0.25) is 0 Å². The Balaban J connectivity index is 3.03. The molecule has 1 unspecified atom stereocenters. The van der Waals surface area contributed by atoms with E-state index in [2.05, 4.69) is 15.9 Å². The van der Waals surface area contributed by atoms with Gasteiger partial charge in [-0.3, -0.25) is 4.79 Å². The quantitative estimate of drug-likeness (QED) is 0.777. The molecule has 0 saturated heterocycles. The topological polar surface area (TPSA) is 83.5 Å². The van der Waals surface area contributed by atoms with Crippen molar-refractivity contribution in [2.24, 2.45) is 5.73 Å². The lowest BCUT2D eigenvalue weighted by molar-refractivity contribution is -0.138. The molecule has 0 fully saturated rings. The van der Waals surface area contributed by atoms with Crippen LogP contribution in [0, 0.1) is 5.82 Å². The van der Waals surface area contributed by atoms with E-state index in [0.29, 0.717) is 0 Å². The summed E-state index contributed by atoms with van der Waals surface area (Å²) >= 11 is 2.93. The molecule has 4 nitrogen and oxygen atoms in total. The second-order valence-electron chi connectivity index (χ2n) is 3.01. The lowest BCUT2D eigenvalue weighted by Gasteiger charge is -2.10. The number of carbonyl (C=O) groups is 1. The van der Waals surface area contributed by atoms with Gasteiger partial charge in [0.05, 0.1) is 4.47 Å². The molecule has 6 heteroatoms. The minimum Gasteiger partial charge on any atom is -0.508 e. The molecule has 1 atom stereocenters. The van der Waals surface area contributed by atoms with Gasteiger partial charge in [0.25, 0.3) is 0 Å². The van der Waals surface area contributed by atoms with E-state index in [-0.39, 0.29) is 22.2 Å². The van der Waals surface area contributed by atoms with Crippen LogP contribution in [-0.4, -0.2) is 22.2 Å². The van der Waals surface area contributed by atoms with Crippen molar-refractivity contribution in [2.45, 2.75) is 12.5 Å². The summed E-state index contributed by atoms with van der Waals surface area (Å²) in [5.74, 6) is -2.23. The molecular weight excluding hydrogens is 269 g/mol. The van der Waals surface area contributed by atoms with Crippen LogP contribution in [0.25, 0.3) is 0 Å². The van der Waals surface area contributed by atoms with E-state index in [4.69, 9.17) is 10.8 Å². The Morgan fingerprint density at radius 1 is 1.60 bits per heavy atom. The van der Waals surface area contributed by atoms with Gasteiger partial charge in [-0.1, -0.05) is 0 Å². The summed E-state index contributed by atoms with van der Waals surface area (Å²) in [6, 6.07) is 1.37. The molecule has 1 aromatic carbocycles. The van der Waals surface area contributed by atoms with Crippen LogP contribution in [0.1, 0.15) is 5.56 Å². The number of aromatic hydroxyl groups is 1. The highest BCUT2D eigenvalue weighted by molar-refractivity contribution is 9.10. The maximum atomic E-state index is 13.4. The maximum Gasteiger partial charge on any atom is 0.320 e. The van der Waals surface area contributed by atoms with Gasteiger partial charge in [0.1, 0.15) is 17.6 Å². The highest BCUT2D eigenvalue weighted by atomic mass is 79.9. The Kier molecular flexibility index (Phi) is 3.65. The SMILES string of the molecule is NC(Cc1c(O)ccc(Br)c1F)C(=O)O. The number of nitrogens with two attached hydrogens (primary N) is 1. The summed E-state index contributed by atoms with van der Waals surface area (Å²) in [6.45, 7) is 0. The molecule has 0 aliphatic carbocycles. The summed E-state index contributed by atoms with van der Waals surface area (Å²) in [6.07, 6.45) is -0.258. The number of carboxylic acid groups (broad SMARTS) is 1. The van der Waals surface area contributed by atoms with Gasteiger partial charge in [0, 0.05) is 12.0 Å². The second kappa shape index (κ2) is 4.59. The number of aliphatic carboxylic acids is 1. The predicted octanol–water partition coefficient (Wildman–Crippen LogP) is 1.25. The molecule has 0 radical (unpaired) electrons. The minimum atomic E-state index is -1.24. The average molecular weight is 278 g/mol. The van der Waals surface area contributed by atoms with Crippen molar-refractivity contribution in [1.29, 1.82) is 0 Å². The third-order valence-corrected chi connectivity index (χ3v) is 2.53. The van der Waals surface area contributed by atoms with Crippen molar-refractivity contribution in [1.82, 2.24) is 0 Å². The molecule has 0 heterocycles. The normalized spacial score (nSPS) is 12.5. The maximum absolute atomic E-state index is 13.4. The third kappa shape index (κ3) is 2.66. The van der Waals surface area contributed by atoms with Gasteiger partial charge in [-0.05, 0) is 28.1 Å². The summed E-state index contributed by atoms with van der Waals surface area (Å²) in [7, 11) is 0. The number of phenols is 1. The van der Waals surface area contributed by atoms with Gasteiger partial charge < -0.3 is 15.9 Å². The summed E-state index contributed by atoms with van der Waals surface area (Å²) in [4.78, 5) is 10.5. The number of benzene rings is 1. The smallest absolute Gasteiger partial charge is 0.320 e. The zero-order valence-corrected chi connectivity index (χ0v) is 9.16. The van der Waals surface area contributed by atoms with E-state index in [0.717, 1.165) is 0 Å². The third-order valence-electron chi connectivity index (χ3n) is 1.91. The summed E-state index contributed by atoms with van der Waals surface area (Å²) < 4.78 is 13.6. The first-order valence-corrected chi connectivity index (χ1v) is 4.87. The van der Waals surface area contributed by atoms with E-state index < -0.39 is 17.8 Å². The summed E-state index contributed by atoms with van der Waals surface area (Å²) in [5.41, 5.74) is 5.15. The first kappa shape index (κ1) is 11.9. The van der Waals surface area contributed by atoms with Gasteiger partial charge in [-0.25, -0.2) is 4.39 Å². The van der Waals surface area contributed by atoms with E-state index in [1.807, 2.05) is 0 Å². The number of hydrogen-bond acceptors (Lipinski definition) is 3. The lowest BCUT2D eigenvalue weighted by atomic mass is 10.1. The molecule has 1 rings (SSSR count). The van der Waals surface area contributed by atoms with Crippen molar-refractivity contribution in [2.75, 3.05) is 0 Å². The fourth-order valence-electron chi connectivity index (χ4n) is 1.08. The fraction of sp³-hybridized carbons (Fsp3) is 0.222. The zero-order chi connectivity index (χ0) is 11.6. The Morgan fingerprint density at radius 2 is 2.20 bits per heavy atom. The van der Waals surface area contributed by atoms with Crippen molar-refractivity contribution >= 4 is 21.9 Å². The molecule has 0 aliphatic rings. The highest BCUT2D eigenvalue weighted by Gasteiger charge is 2.19. The van der Waals surface area contributed by atoms with Gasteiger partial charge in [-0.15, -0.1) is 0 Å². The minimum absolute atomic E-state index is 0.0979. The fourth-order valence-corrected chi connectivity index (χ4v) is 1.46. The Hall–Kier alpha value is -1.14. The van der Waals surface area contributed by atoms with Crippen LogP contribution in [0.15, 0.2) is 16.6 Å². The molecule has 0 saturated carbocycles. The first-order chi connectivity index (χ1) is 6.93. The summed E-state index contributed by atoms with van der Waals surface area (Å²) in [5, 5.41) is 17.9. The predicted molar refractivity (Wildman–Crippen MR) is 55.1 cm³/mol. The van der Waals surface area contributed by atoms with E-state index in [1.54, 1.807) is 0 Å². The van der Waals surface area contributed by atoms with Crippen LogP contribution >= 0.6 is 15.9 Å². The van der Waals surface area contributed by atoms with Crippen LogP contribution < -0.4 is 5.73 Å². The van der Waals surface area contributed by atoms with Crippen LogP contribution in [0.3, 0.4) is 0 Å². The Labute approximate surface area is 93.6 Å². The van der Waals surface area contributed by atoms with E-state index >= 15 is 0 Å². The monoisotopic (exact) mass is 277 g/mol. The molecule has 15 heavy (non-hydrogen) atoms. The van der Waals surface area contributed by atoms with E-state index in [9.17, 15) is 14.3 Å². The standard InChI is InChI=1S/C9H9BrFNO3/c10-5-1-2-7(13)4(8(5)11)3-6(12)9(14)15/h1-2,6,13H,3,12H2,(H,14,15). The van der Waals surface area contributed by atoms with Crippen molar-refractivity contribution in [3.05, 3.63) is 28.0 Å². The van der Waals surface area contributed by atoms with Crippen molar-refractivity contribution in [3.63, 3.8) is 0 Å². The van der Waals surface area contributed by atoms with Crippen LogP contribution in [0.5, 0.6) is 5.75 Å². The van der Waals surface area contributed by atoms with Crippen molar-refractivity contribution < 1.29 is 19.4 Å². The number of rotatable bonds is 3. The number of halogens is 2. The molecule has 0 spiro atoms. The molecule has 82 valence electrons. The Morgan fingerprint density at radius 3 is 2.73 bits per heavy atom. The Bertz CT molecular complexity index is 397. The number of carboxylic acids is 1. The molecule has 0 aliphatic heterocycles. The molecule has 4 N–H and O–H groups in total. The molecular formula is C9H9BrFNO3. The van der Waals surface area contributed by atoms with Crippen LogP contribution in [0.4, 0.5) is 4.39 Å². The highest BCUT2D eigenvalue weighted by Crippen LogP contribution is 2.27. The van der Waals surface area contributed by atoms with Gasteiger partial charge in [0.15, 0.2) is 0 Å². The van der Waals surface area contributed by atoms with E-state index in [1.165, 1.54) is 12.1 Å². The first-order valence-electron chi connectivity index (χ1n) is 4.07. The largest absolute Gasteiger partial charge is 0.508 e. The molecule has 0 amide bonds. The van der Waals surface area contributed by atoms with Gasteiger partial charge >= 0.3 is 5.97 Å². The number of hydrogen-bond donors (Lipinski definition) is 3. The number of phenolic OH excluding ortho intramolecular Hbond substituents is 1. The van der Waals surface area contributed by atoms with Gasteiger partial charge in [0.2, 0.25) is 0 Å². The molecule has 0 aromatic heterocycles. The lowest BCUT2D eigenvalue weighted by Crippen LogP contribution is -2.32. The molecule has 0 bridgehead atoms. The van der Waals surface area contributed by atoms with Gasteiger partial charge in [-0.2, -0.15) is 0 Å². The molecule has 1 aromatic rings. The van der Waals surface area contributed by atoms with Crippen molar-refractivity contribution in [3.8, 4) is 5.75 Å². The average Bonchev–Trinajstić information content (AvgIpc) is 2.18. The van der Waals surface area contributed by atoms with Crippen LogP contribution in [-0.2, 0) is 11.2 Å². The zero-order valence-electron chi connectivity index (χ0n) is 7.58. The second-order valence-corrected chi connectivity index (χ2v) is 3.86.